The van der Waals surface area contributed by atoms with E-state index in [1.165, 1.54) is 24.3 Å². The summed E-state index contributed by atoms with van der Waals surface area (Å²) in [5, 5.41) is 16.5. The third-order valence-electron chi connectivity index (χ3n) is 6.63. The third kappa shape index (κ3) is 7.88. The molecule has 216 valence electrons. The standard InChI is InChI=1S/C27H35N5O8/c1-16(2)24(29-21(34)11-13-31-22(35)9-10-23(31)36)25(37)28-20(15-17-6-4-7-18(33)14-17)26(38)32-12-5-8-19(30-32)27(39)40-3/h4,6-7,9-10,14,16,19-20,24,30,33H,5,8,11-13,15H2,1-3H3,(H,28,37)(H,29,34)/t19-,20-,24-/m0/s1. The Bertz CT molecular complexity index is 1170. The van der Waals surface area contributed by atoms with Gasteiger partial charge in [-0.05, 0) is 36.5 Å². The van der Waals surface area contributed by atoms with Crippen molar-refractivity contribution in [3.05, 3.63) is 42.0 Å². The van der Waals surface area contributed by atoms with Crippen LogP contribution in [-0.2, 0) is 39.9 Å². The van der Waals surface area contributed by atoms with Crippen LogP contribution in [0.25, 0.3) is 0 Å². The van der Waals surface area contributed by atoms with Gasteiger partial charge in [0.15, 0.2) is 0 Å². The number of hydrazine groups is 1. The van der Waals surface area contributed by atoms with Crippen LogP contribution < -0.4 is 16.1 Å². The van der Waals surface area contributed by atoms with Gasteiger partial charge in [0, 0.05) is 38.1 Å². The molecule has 0 aliphatic carbocycles. The number of amides is 5. The van der Waals surface area contributed by atoms with Crippen molar-refractivity contribution >= 4 is 35.5 Å². The monoisotopic (exact) mass is 557 g/mol. The van der Waals surface area contributed by atoms with Crippen LogP contribution in [0.2, 0.25) is 0 Å². The van der Waals surface area contributed by atoms with E-state index in [4.69, 9.17) is 4.74 Å². The Hall–Kier alpha value is -4.26. The van der Waals surface area contributed by atoms with Crippen molar-refractivity contribution in [1.29, 1.82) is 0 Å². The van der Waals surface area contributed by atoms with Crippen LogP contribution in [0.1, 0.15) is 38.7 Å². The van der Waals surface area contributed by atoms with E-state index in [2.05, 4.69) is 16.1 Å². The highest BCUT2D eigenvalue weighted by Gasteiger charge is 2.35. The minimum atomic E-state index is -1.10. The number of carbonyl (C=O) groups is 6. The van der Waals surface area contributed by atoms with Crippen LogP contribution in [0, 0.1) is 5.92 Å². The highest BCUT2D eigenvalue weighted by Crippen LogP contribution is 2.16. The van der Waals surface area contributed by atoms with E-state index >= 15 is 0 Å². The number of nitrogens with zero attached hydrogens (tertiary/aromatic N) is 2. The summed E-state index contributed by atoms with van der Waals surface area (Å²) in [4.78, 5) is 76.1. The maximum atomic E-state index is 13.6. The van der Waals surface area contributed by atoms with Gasteiger partial charge in [0.1, 0.15) is 23.9 Å². The van der Waals surface area contributed by atoms with Crippen LogP contribution in [0.4, 0.5) is 0 Å². The molecule has 0 spiro atoms. The SMILES string of the molecule is COC(=O)[C@@H]1CCCN(C(=O)[C@H](Cc2cccc(O)c2)NC(=O)[C@@H](NC(=O)CCN2C(=O)C=CC2=O)C(C)C)N1. The van der Waals surface area contributed by atoms with Crippen molar-refractivity contribution in [2.75, 3.05) is 20.2 Å². The normalized spacial score (nSPS) is 18.4. The number of carbonyl (C=O) groups excluding carboxylic acids is 6. The van der Waals surface area contributed by atoms with Crippen molar-refractivity contribution in [2.45, 2.75) is 57.7 Å². The van der Waals surface area contributed by atoms with E-state index in [1.807, 2.05) is 0 Å². The zero-order valence-electron chi connectivity index (χ0n) is 22.7. The van der Waals surface area contributed by atoms with Crippen LogP contribution in [0.5, 0.6) is 5.75 Å². The van der Waals surface area contributed by atoms with Crippen LogP contribution in [-0.4, -0.2) is 88.8 Å². The second-order valence-corrected chi connectivity index (χ2v) is 9.97. The minimum Gasteiger partial charge on any atom is -0.508 e. The van der Waals surface area contributed by atoms with Crippen LogP contribution in [0.15, 0.2) is 36.4 Å². The number of benzene rings is 1. The molecule has 2 aliphatic rings. The van der Waals surface area contributed by atoms with Gasteiger partial charge in [0.05, 0.1) is 7.11 Å². The summed E-state index contributed by atoms with van der Waals surface area (Å²) in [6, 6.07) is 3.44. The van der Waals surface area contributed by atoms with Crippen molar-refractivity contribution in [3.8, 4) is 5.75 Å². The minimum absolute atomic E-state index is 0.00522. The summed E-state index contributed by atoms with van der Waals surface area (Å²) in [6.45, 7) is 3.61. The first kappa shape index (κ1) is 30.3. The topological polar surface area (TPSA) is 174 Å². The van der Waals surface area contributed by atoms with E-state index in [9.17, 15) is 33.9 Å². The fraction of sp³-hybridized carbons (Fsp3) is 0.481. The molecular formula is C27H35N5O8. The Morgan fingerprint density at radius 1 is 1.12 bits per heavy atom. The molecule has 0 radical (unpaired) electrons. The molecule has 1 aromatic carbocycles. The molecule has 5 amide bonds. The molecular weight excluding hydrogens is 522 g/mol. The predicted octanol–water partition coefficient (Wildman–Crippen LogP) is -0.456. The number of phenols is 1. The second-order valence-electron chi connectivity index (χ2n) is 9.97. The van der Waals surface area contributed by atoms with Crippen LogP contribution >= 0.6 is 0 Å². The lowest BCUT2D eigenvalue weighted by Gasteiger charge is -2.35. The number of esters is 1. The average molecular weight is 558 g/mol. The maximum absolute atomic E-state index is 13.6. The van der Waals surface area contributed by atoms with Gasteiger partial charge in [-0.15, -0.1) is 0 Å². The molecule has 1 aromatic rings. The van der Waals surface area contributed by atoms with Gasteiger partial charge < -0.3 is 20.5 Å². The van der Waals surface area contributed by atoms with Gasteiger partial charge in [-0.1, -0.05) is 26.0 Å². The van der Waals surface area contributed by atoms with Gasteiger partial charge in [-0.25, -0.2) is 5.43 Å². The molecule has 13 heteroatoms. The Morgan fingerprint density at radius 3 is 2.45 bits per heavy atom. The molecule has 4 N–H and O–H groups in total. The Labute approximate surface area is 231 Å². The van der Waals surface area contributed by atoms with Gasteiger partial charge in [0.25, 0.3) is 17.7 Å². The fourth-order valence-corrected chi connectivity index (χ4v) is 4.47. The van der Waals surface area contributed by atoms with Gasteiger partial charge in [-0.2, -0.15) is 0 Å². The molecule has 13 nitrogen and oxygen atoms in total. The summed E-state index contributed by atoms with van der Waals surface area (Å²) in [6.07, 6.45) is 3.09. The summed E-state index contributed by atoms with van der Waals surface area (Å²) < 4.78 is 4.79. The summed E-state index contributed by atoms with van der Waals surface area (Å²) in [5.41, 5.74) is 3.45. The van der Waals surface area contributed by atoms with Crippen molar-refractivity contribution in [3.63, 3.8) is 0 Å². The van der Waals surface area contributed by atoms with Crippen molar-refractivity contribution in [2.24, 2.45) is 5.92 Å². The first-order valence-electron chi connectivity index (χ1n) is 13.1. The molecule has 1 saturated heterocycles. The zero-order chi connectivity index (χ0) is 29.4. The highest BCUT2D eigenvalue weighted by molar-refractivity contribution is 6.13. The first-order valence-corrected chi connectivity index (χ1v) is 13.1. The zero-order valence-corrected chi connectivity index (χ0v) is 22.7. The summed E-state index contributed by atoms with van der Waals surface area (Å²) >= 11 is 0. The molecule has 0 aromatic heterocycles. The number of rotatable bonds is 11. The number of hydrogen-bond acceptors (Lipinski definition) is 9. The number of nitrogens with one attached hydrogen (secondary N) is 3. The summed E-state index contributed by atoms with van der Waals surface area (Å²) in [5.74, 6) is -3.56. The molecule has 3 atom stereocenters. The Balaban J connectivity index is 1.72. The van der Waals surface area contributed by atoms with E-state index in [0.29, 0.717) is 24.9 Å². The predicted molar refractivity (Wildman–Crippen MR) is 141 cm³/mol. The quantitative estimate of drug-likeness (QED) is 0.207. The average Bonchev–Trinajstić information content (AvgIpc) is 3.25. The number of aromatic hydroxyl groups is 1. The number of hydrogen-bond donors (Lipinski definition) is 4. The van der Waals surface area contributed by atoms with E-state index in [-0.39, 0.29) is 31.1 Å². The fourth-order valence-electron chi connectivity index (χ4n) is 4.47. The molecule has 0 unspecified atom stereocenters. The Morgan fingerprint density at radius 2 is 1.82 bits per heavy atom. The summed E-state index contributed by atoms with van der Waals surface area (Å²) in [7, 11) is 1.26. The number of phenolic OH excluding ortho intramolecular Hbond substituents is 1. The first-order chi connectivity index (χ1) is 19.0. The van der Waals surface area contributed by atoms with E-state index in [0.717, 1.165) is 17.1 Å². The van der Waals surface area contributed by atoms with Gasteiger partial charge in [-0.3, -0.25) is 38.7 Å². The van der Waals surface area contributed by atoms with Crippen LogP contribution in [0.3, 0.4) is 0 Å². The van der Waals surface area contributed by atoms with Gasteiger partial charge >= 0.3 is 5.97 Å². The smallest absolute Gasteiger partial charge is 0.324 e. The molecule has 0 bridgehead atoms. The maximum Gasteiger partial charge on any atom is 0.324 e. The highest BCUT2D eigenvalue weighted by atomic mass is 16.5. The molecule has 3 rings (SSSR count). The number of ether oxygens (including phenoxy) is 1. The molecule has 2 aliphatic heterocycles. The number of imide groups is 1. The second kappa shape index (κ2) is 13.7. The number of methoxy groups -OCH3 is 1. The lowest BCUT2D eigenvalue weighted by atomic mass is 10.00. The van der Waals surface area contributed by atoms with Gasteiger partial charge in [0.2, 0.25) is 11.8 Å². The molecule has 0 saturated carbocycles. The lowest BCUT2D eigenvalue weighted by molar-refractivity contribution is -0.151. The van der Waals surface area contributed by atoms with Crippen molar-refractivity contribution < 1.29 is 38.6 Å². The molecule has 40 heavy (non-hydrogen) atoms. The van der Waals surface area contributed by atoms with Crippen molar-refractivity contribution in [1.82, 2.24) is 26.0 Å². The molecule has 2 heterocycles. The largest absolute Gasteiger partial charge is 0.508 e. The van der Waals surface area contributed by atoms with E-state index < -0.39 is 53.6 Å². The third-order valence-corrected chi connectivity index (χ3v) is 6.63. The Kier molecular flexibility index (Phi) is 10.4. The molecule has 1 fully saturated rings. The lowest BCUT2D eigenvalue weighted by Crippen LogP contribution is -2.62. The van der Waals surface area contributed by atoms with E-state index in [1.54, 1.807) is 26.0 Å².